The second kappa shape index (κ2) is 6.26. The summed E-state index contributed by atoms with van der Waals surface area (Å²) in [6, 6.07) is 7.85. The van der Waals surface area contributed by atoms with Gasteiger partial charge < -0.3 is 14.6 Å². The summed E-state index contributed by atoms with van der Waals surface area (Å²) in [5, 5.41) is 9.30. The number of unbranched alkanes of at least 4 members (excludes halogenated alkanes) is 2. The zero-order valence-corrected chi connectivity index (χ0v) is 11.4. The first-order chi connectivity index (χ1) is 9.10. The second-order valence-corrected chi connectivity index (χ2v) is 5.19. The summed E-state index contributed by atoms with van der Waals surface area (Å²) in [4.78, 5) is 10.4. The van der Waals surface area contributed by atoms with Gasteiger partial charge in [0.1, 0.15) is 6.61 Å². The van der Waals surface area contributed by atoms with Crippen molar-refractivity contribution in [2.24, 2.45) is 0 Å². The molecule has 0 saturated carbocycles. The average molecular weight is 285 g/mol. The van der Waals surface area contributed by atoms with E-state index < -0.39 is 11.9 Å². The summed E-state index contributed by atoms with van der Waals surface area (Å²) < 4.78 is 9.77. The van der Waals surface area contributed by atoms with E-state index >= 15 is 0 Å². The summed E-state index contributed by atoms with van der Waals surface area (Å²) >= 11 is 5.82. The molecule has 0 spiro atoms. The SMILES string of the molecule is O=C(O)OC1(CCCCCc2ccc(Cl)cc2)CO1. The van der Waals surface area contributed by atoms with Crippen molar-refractivity contribution < 1.29 is 19.4 Å². The third-order valence-corrected chi connectivity index (χ3v) is 3.43. The zero-order chi connectivity index (χ0) is 13.7. The number of rotatable bonds is 7. The quantitative estimate of drug-likeness (QED) is 0.469. The molecule has 0 amide bonds. The van der Waals surface area contributed by atoms with Gasteiger partial charge in [-0.3, -0.25) is 0 Å². The molecular weight excluding hydrogens is 268 g/mol. The van der Waals surface area contributed by atoms with Crippen molar-refractivity contribution in [3.05, 3.63) is 34.9 Å². The van der Waals surface area contributed by atoms with Crippen molar-refractivity contribution in [3.63, 3.8) is 0 Å². The van der Waals surface area contributed by atoms with Crippen LogP contribution in [0, 0.1) is 0 Å². The molecule has 1 N–H and O–H groups in total. The molecule has 1 saturated heterocycles. The molecule has 104 valence electrons. The minimum absolute atomic E-state index is 0.385. The lowest BCUT2D eigenvalue weighted by molar-refractivity contribution is -0.0244. The molecule has 1 aliphatic heterocycles. The molecule has 5 heteroatoms. The minimum Gasteiger partial charge on any atom is -0.450 e. The summed E-state index contributed by atoms with van der Waals surface area (Å²) in [6.07, 6.45) is 3.37. The molecule has 0 aromatic heterocycles. The standard InChI is InChI=1S/C14H17ClO4/c15-12-7-5-11(6-8-12)4-2-1-3-9-14(10-18-14)19-13(16)17/h5-8H,1-4,9-10H2,(H,16,17). The number of hydrogen-bond acceptors (Lipinski definition) is 3. The van der Waals surface area contributed by atoms with Crippen LogP contribution in [0.2, 0.25) is 5.02 Å². The summed E-state index contributed by atoms with van der Waals surface area (Å²) in [5.74, 6) is -0.841. The van der Waals surface area contributed by atoms with Crippen molar-refractivity contribution >= 4 is 17.8 Å². The number of benzene rings is 1. The molecule has 1 aliphatic rings. The van der Waals surface area contributed by atoms with Gasteiger partial charge >= 0.3 is 6.16 Å². The first-order valence-corrected chi connectivity index (χ1v) is 6.78. The Morgan fingerprint density at radius 3 is 2.58 bits per heavy atom. The molecule has 0 aliphatic carbocycles. The fraction of sp³-hybridized carbons (Fsp3) is 0.500. The molecule has 19 heavy (non-hydrogen) atoms. The van der Waals surface area contributed by atoms with Gasteiger partial charge in [-0.1, -0.05) is 30.2 Å². The largest absolute Gasteiger partial charge is 0.508 e. The third kappa shape index (κ3) is 4.73. The molecule has 1 aromatic carbocycles. The first kappa shape index (κ1) is 14.2. The molecule has 1 heterocycles. The predicted molar refractivity (Wildman–Crippen MR) is 71.4 cm³/mol. The van der Waals surface area contributed by atoms with Crippen LogP contribution in [0.15, 0.2) is 24.3 Å². The van der Waals surface area contributed by atoms with Crippen molar-refractivity contribution in [2.75, 3.05) is 6.61 Å². The maximum atomic E-state index is 10.4. The normalized spacial score (nSPS) is 21.1. The molecule has 1 unspecified atom stereocenters. The van der Waals surface area contributed by atoms with Crippen molar-refractivity contribution in [1.82, 2.24) is 0 Å². The van der Waals surface area contributed by atoms with E-state index in [0.29, 0.717) is 13.0 Å². The molecule has 0 radical (unpaired) electrons. The van der Waals surface area contributed by atoms with Gasteiger partial charge in [-0.15, -0.1) is 0 Å². The van der Waals surface area contributed by atoms with Crippen molar-refractivity contribution in [2.45, 2.75) is 37.9 Å². The third-order valence-electron chi connectivity index (χ3n) is 3.18. The zero-order valence-electron chi connectivity index (χ0n) is 10.6. The lowest BCUT2D eigenvalue weighted by Gasteiger charge is -2.10. The maximum absolute atomic E-state index is 10.4. The summed E-state index contributed by atoms with van der Waals surface area (Å²) in [7, 11) is 0. The van der Waals surface area contributed by atoms with Gasteiger partial charge in [0.25, 0.3) is 0 Å². The number of ether oxygens (including phenoxy) is 2. The highest BCUT2D eigenvalue weighted by Crippen LogP contribution is 2.34. The topological polar surface area (TPSA) is 59.1 Å². The molecule has 0 bridgehead atoms. The van der Waals surface area contributed by atoms with Gasteiger partial charge in [0.05, 0.1) is 0 Å². The molecule has 1 fully saturated rings. The predicted octanol–water partition coefficient (Wildman–Crippen LogP) is 3.86. The Bertz CT molecular complexity index is 426. The fourth-order valence-corrected chi connectivity index (χ4v) is 2.17. The van der Waals surface area contributed by atoms with E-state index in [0.717, 1.165) is 30.7 Å². The van der Waals surface area contributed by atoms with E-state index in [1.807, 2.05) is 24.3 Å². The average Bonchev–Trinajstić information content (AvgIpc) is 3.10. The Kier molecular flexibility index (Phi) is 4.66. The van der Waals surface area contributed by atoms with Gasteiger partial charge in [-0.05, 0) is 37.0 Å². The van der Waals surface area contributed by atoms with E-state index in [1.165, 1.54) is 5.56 Å². The van der Waals surface area contributed by atoms with Gasteiger partial charge in [0.15, 0.2) is 0 Å². The minimum atomic E-state index is -1.27. The smallest absolute Gasteiger partial charge is 0.450 e. The monoisotopic (exact) mass is 284 g/mol. The van der Waals surface area contributed by atoms with Gasteiger partial charge in [0.2, 0.25) is 5.79 Å². The Labute approximate surface area is 117 Å². The number of aryl methyl sites for hydroxylation is 1. The van der Waals surface area contributed by atoms with E-state index in [1.54, 1.807) is 0 Å². The van der Waals surface area contributed by atoms with Gasteiger partial charge in [-0.25, -0.2) is 4.79 Å². The Balaban J connectivity index is 1.60. The second-order valence-electron chi connectivity index (χ2n) is 4.75. The van der Waals surface area contributed by atoms with Gasteiger partial charge in [-0.2, -0.15) is 0 Å². The molecule has 4 nitrogen and oxygen atoms in total. The fourth-order valence-electron chi connectivity index (χ4n) is 2.05. The Hall–Kier alpha value is -1.26. The van der Waals surface area contributed by atoms with Crippen LogP contribution < -0.4 is 0 Å². The lowest BCUT2D eigenvalue weighted by Crippen LogP contribution is -2.19. The van der Waals surface area contributed by atoms with Crippen molar-refractivity contribution in [1.29, 1.82) is 0 Å². The van der Waals surface area contributed by atoms with Crippen LogP contribution in [-0.2, 0) is 15.9 Å². The highest BCUT2D eigenvalue weighted by atomic mass is 35.5. The summed E-state index contributed by atoms with van der Waals surface area (Å²) in [6.45, 7) is 0.385. The highest BCUT2D eigenvalue weighted by Gasteiger charge is 2.48. The number of carbonyl (C=O) groups is 1. The Morgan fingerprint density at radius 1 is 1.32 bits per heavy atom. The van der Waals surface area contributed by atoms with Crippen LogP contribution in [-0.4, -0.2) is 23.7 Å². The first-order valence-electron chi connectivity index (χ1n) is 6.40. The van der Waals surface area contributed by atoms with Crippen LogP contribution in [0.4, 0.5) is 4.79 Å². The van der Waals surface area contributed by atoms with E-state index in [4.69, 9.17) is 26.2 Å². The van der Waals surface area contributed by atoms with Crippen LogP contribution >= 0.6 is 11.6 Å². The van der Waals surface area contributed by atoms with Crippen molar-refractivity contribution in [3.8, 4) is 0 Å². The van der Waals surface area contributed by atoms with Crippen LogP contribution in [0.1, 0.15) is 31.2 Å². The molecule has 2 rings (SSSR count). The number of halogens is 1. The highest BCUT2D eigenvalue weighted by molar-refractivity contribution is 6.30. The number of hydrogen-bond donors (Lipinski definition) is 1. The molecule has 1 atom stereocenters. The van der Waals surface area contributed by atoms with Crippen LogP contribution in [0.5, 0.6) is 0 Å². The van der Waals surface area contributed by atoms with Crippen LogP contribution in [0.25, 0.3) is 0 Å². The molecule has 1 aromatic rings. The van der Waals surface area contributed by atoms with Crippen LogP contribution in [0.3, 0.4) is 0 Å². The number of epoxide rings is 1. The molecular formula is C14H17ClO4. The van der Waals surface area contributed by atoms with E-state index in [-0.39, 0.29) is 0 Å². The van der Waals surface area contributed by atoms with E-state index in [2.05, 4.69) is 0 Å². The van der Waals surface area contributed by atoms with Gasteiger partial charge in [0, 0.05) is 11.4 Å². The lowest BCUT2D eigenvalue weighted by atomic mass is 10.0. The maximum Gasteiger partial charge on any atom is 0.508 e. The number of carboxylic acid groups (broad SMARTS) is 1. The van der Waals surface area contributed by atoms with E-state index in [9.17, 15) is 4.79 Å². The summed E-state index contributed by atoms with van der Waals surface area (Å²) in [5.41, 5.74) is 1.27. The Morgan fingerprint density at radius 2 is 2.00 bits per heavy atom.